The molecule has 0 saturated heterocycles. The van der Waals surface area contributed by atoms with Crippen molar-refractivity contribution in [2.75, 3.05) is 11.9 Å². The zero-order chi connectivity index (χ0) is 13.6. The summed E-state index contributed by atoms with van der Waals surface area (Å²) in [5.74, 6) is 0.0220. The molecule has 0 bridgehead atoms. The molecule has 1 rings (SSSR count). The van der Waals surface area contributed by atoms with Crippen molar-refractivity contribution in [3.8, 4) is 0 Å². The third-order valence-electron chi connectivity index (χ3n) is 2.49. The number of para-hydroxylation sites is 1. The molecular weight excluding hydrogens is 224 g/mol. The maximum atomic E-state index is 11.7. The molecule has 1 amide bonds. The third kappa shape index (κ3) is 5.21. The maximum Gasteiger partial charge on any atom is 0.239 e. The van der Waals surface area contributed by atoms with Gasteiger partial charge >= 0.3 is 0 Å². The lowest BCUT2D eigenvalue weighted by Gasteiger charge is -2.21. The van der Waals surface area contributed by atoms with Crippen molar-refractivity contribution in [3.05, 3.63) is 29.8 Å². The minimum absolute atomic E-state index is 0.0220. The first-order valence-electron chi connectivity index (χ1n) is 6.55. The van der Waals surface area contributed by atoms with Gasteiger partial charge in [-0.1, -0.05) is 31.5 Å². The van der Waals surface area contributed by atoms with Crippen molar-refractivity contribution in [2.24, 2.45) is 0 Å². The van der Waals surface area contributed by atoms with Gasteiger partial charge in [0.05, 0.1) is 6.54 Å². The van der Waals surface area contributed by atoms with Gasteiger partial charge in [0.15, 0.2) is 0 Å². The molecular formula is C15H24N2O. The molecule has 0 fully saturated rings. The molecule has 18 heavy (non-hydrogen) atoms. The van der Waals surface area contributed by atoms with E-state index >= 15 is 0 Å². The van der Waals surface area contributed by atoms with Crippen molar-refractivity contribution in [1.82, 2.24) is 5.32 Å². The minimum atomic E-state index is -0.179. The molecule has 0 heterocycles. The molecule has 3 nitrogen and oxygen atoms in total. The van der Waals surface area contributed by atoms with Crippen LogP contribution in [-0.4, -0.2) is 18.0 Å². The molecule has 0 aliphatic carbocycles. The Balaban J connectivity index is 2.55. The lowest BCUT2D eigenvalue weighted by atomic mass is 10.1. The molecule has 0 aliphatic rings. The summed E-state index contributed by atoms with van der Waals surface area (Å²) < 4.78 is 0. The summed E-state index contributed by atoms with van der Waals surface area (Å²) >= 11 is 0. The number of anilines is 1. The molecule has 0 saturated carbocycles. The van der Waals surface area contributed by atoms with Gasteiger partial charge in [-0.15, -0.1) is 0 Å². The molecule has 3 heteroatoms. The topological polar surface area (TPSA) is 41.1 Å². The molecule has 100 valence electrons. The van der Waals surface area contributed by atoms with E-state index in [2.05, 4.69) is 23.6 Å². The number of rotatable bonds is 5. The van der Waals surface area contributed by atoms with Crippen LogP contribution in [0.15, 0.2) is 24.3 Å². The average molecular weight is 248 g/mol. The van der Waals surface area contributed by atoms with E-state index in [9.17, 15) is 4.79 Å². The van der Waals surface area contributed by atoms with Gasteiger partial charge in [0.1, 0.15) is 0 Å². The van der Waals surface area contributed by atoms with Crippen LogP contribution < -0.4 is 10.6 Å². The normalized spacial score (nSPS) is 11.1. The maximum absolute atomic E-state index is 11.7. The van der Waals surface area contributed by atoms with Crippen molar-refractivity contribution in [3.63, 3.8) is 0 Å². The van der Waals surface area contributed by atoms with E-state index in [0.29, 0.717) is 6.54 Å². The second-order valence-corrected chi connectivity index (χ2v) is 5.56. The van der Waals surface area contributed by atoms with Gasteiger partial charge in [0, 0.05) is 11.2 Å². The van der Waals surface area contributed by atoms with Gasteiger partial charge in [-0.2, -0.15) is 0 Å². The molecule has 0 aliphatic heterocycles. The van der Waals surface area contributed by atoms with Crippen LogP contribution in [0.2, 0.25) is 0 Å². The first kappa shape index (κ1) is 14.6. The Kier molecular flexibility index (Phi) is 5.20. The number of nitrogens with one attached hydrogen (secondary N) is 2. The Hall–Kier alpha value is -1.51. The highest BCUT2D eigenvalue weighted by Gasteiger charge is 2.13. The van der Waals surface area contributed by atoms with Crippen LogP contribution in [0.25, 0.3) is 0 Å². The fourth-order valence-electron chi connectivity index (χ4n) is 1.82. The molecule has 0 radical (unpaired) electrons. The van der Waals surface area contributed by atoms with Crippen molar-refractivity contribution >= 4 is 11.6 Å². The van der Waals surface area contributed by atoms with E-state index in [1.165, 1.54) is 5.56 Å². The van der Waals surface area contributed by atoms with Crippen LogP contribution in [0.5, 0.6) is 0 Å². The van der Waals surface area contributed by atoms with Crippen LogP contribution in [0, 0.1) is 0 Å². The van der Waals surface area contributed by atoms with Gasteiger partial charge in [-0.05, 0) is 38.8 Å². The summed E-state index contributed by atoms with van der Waals surface area (Å²) in [6, 6.07) is 8.15. The lowest BCUT2D eigenvalue weighted by Crippen LogP contribution is -2.43. The fraction of sp³-hybridized carbons (Fsp3) is 0.533. The second-order valence-electron chi connectivity index (χ2n) is 5.56. The van der Waals surface area contributed by atoms with Crippen LogP contribution in [0.4, 0.5) is 5.69 Å². The van der Waals surface area contributed by atoms with Gasteiger partial charge in [0.25, 0.3) is 0 Å². The Morgan fingerprint density at radius 3 is 2.50 bits per heavy atom. The summed E-state index contributed by atoms with van der Waals surface area (Å²) in [5, 5.41) is 6.15. The molecule has 1 aromatic rings. The standard InChI is InChI=1S/C15H24N2O/c1-5-8-12-9-6-7-10-13(12)16-11-14(18)17-15(2,3)4/h6-7,9-10,16H,5,8,11H2,1-4H3,(H,17,18). The molecule has 1 aromatic carbocycles. The highest BCUT2D eigenvalue weighted by molar-refractivity contribution is 5.81. The van der Waals surface area contributed by atoms with E-state index in [0.717, 1.165) is 18.5 Å². The van der Waals surface area contributed by atoms with Crippen molar-refractivity contribution in [1.29, 1.82) is 0 Å². The lowest BCUT2D eigenvalue weighted by molar-refractivity contribution is -0.120. The smallest absolute Gasteiger partial charge is 0.239 e. The van der Waals surface area contributed by atoms with E-state index in [1.807, 2.05) is 39.0 Å². The first-order valence-corrected chi connectivity index (χ1v) is 6.55. The van der Waals surface area contributed by atoms with E-state index in [1.54, 1.807) is 0 Å². The van der Waals surface area contributed by atoms with Crippen molar-refractivity contribution in [2.45, 2.75) is 46.1 Å². The molecule has 0 unspecified atom stereocenters. The Bertz CT molecular complexity index is 394. The number of hydrogen-bond donors (Lipinski definition) is 2. The summed E-state index contributed by atoms with van der Waals surface area (Å²) in [6.45, 7) is 8.42. The van der Waals surface area contributed by atoms with Gasteiger partial charge in [-0.25, -0.2) is 0 Å². The highest BCUT2D eigenvalue weighted by atomic mass is 16.2. The number of carbonyl (C=O) groups excluding carboxylic acids is 1. The zero-order valence-electron chi connectivity index (χ0n) is 11.8. The average Bonchev–Trinajstić information content (AvgIpc) is 2.26. The number of hydrogen-bond acceptors (Lipinski definition) is 2. The van der Waals surface area contributed by atoms with Gasteiger partial charge in [-0.3, -0.25) is 4.79 Å². The van der Waals surface area contributed by atoms with Crippen molar-refractivity contribution < 1.29 is 4.79 Å². The van der Waals surface area contributed by atoms with E-state index in [4.69, 9.17) is 0 Å². The summed E-state index contributed by atoms with van der Waals surface area (Å²) in [6.07, 6.45) is 2.14. The number of benzene rings is 1. The van der Waals surface area contributed by atoms with Crippen LogP contribution in [0.1, 0.15) is 39.7 Å². The summed E-state index contributed by atoms with van der Waals surface area (Å²) in [4.78, 5) is 11.7. The monoisotopic (exact) mass is 248 g/mol. The number of aryl methyl sites for hydroxylation is 1. The number of amides is 1. The number of carbonyl (C=O) groups is 1. The molecule has 0 atom stereocenters. The quantitative estimate of drug-likeness (QED) is 0.841. The highest BCUT2D eigenvalue weighted by Crippen LogP contribution is 2.16. The predicted octanol–water partition coefficient (Wildman–Crippen LogP) is 2.97. The van der Waals surface area contributed by atoms with Crippen LogP contribution in [0.3, 0.4) is 0 Å². The summed E-state index contributed by atoms with van der Waals surface area (Å²) in [5.41, 5.74) is 2.15. The molecule has 0 spiro atoms. The first-order chi connectivity index (χ1) is 8.42. The molecule has 2 N–H and O–H groups in total. The van der Waals surface area contributed by atoms with Gasteiger partial charge < -0.3 is 10.6 Å². The fourth-order valence-corrected chi connectivity index (χ4v) is 1.82. The zero-order valence-corrected chi connectivity index (χ0v) is 11.8. The largest absolute Gasteiger partial charge is 0.376 e. The minimum Gasteiger partial charge on any atom is -0.376 e. The summed E-state index contributed by atoms with van der Waals surface area (Å²) in [7, 11) is 0. The Morgan fingerprint density at radius 1 is 1.22 bits per heavy atom. The SMILES string of the molecule is CCCc1ccccc1NCC(=O)NC(C)(C)C. The van der Waals surface area contributed by atoms with E-state index < -0.39 is 0 Å². The third-order valence-corrected chi connectivity index (χ3v) is 2.49. The van der Waals surface area contributed by atoms with Crippen LogP contribution >= 0.6 is 0 Å². The molecule has 0 aromatic heterocycles. The predicted molar refractivity (Wildman–Crippen MR) is 76.8 cm³/mol. The Morgan fingerprint density at radius 2 is 1.89 bits per heavy atom. The van der Waals surface area contributed by atoms with Gasteiger partial charge in [0.2, 0.25) is 5.91 Å². The second kappa shape index (κ2) is 6.43. The van der Waals surface area contributed by atoms with E-state index in [-0.39, 0.29) is 11.4 Å². The Labute approximate surface area is 110 Å². The van der Waals surface area contributed by atoms with Crippen LogP contribution in [-0.2, 0) is 11.2 Å².